The molecule has 0 aliphatic carbocycles. The highest BCUT2D eigenvalue weighted by molar-refractivity contribution is 5.94. The molecule has 1 amide bonds. The zero-order valence-corrected chi connectivity index (χ0v) is 12.4. The number of ether oxygens (including phenoxy) is 1. The lowest BCUT2D eigenvalue weighted by Crippen LogP contribution is -2.53. The molecule has 118 valence electrons. The van der Waals surface area contributed by atoms with Crippen LogP contribution in [0.15, 0.2) is 12.1 Å². The number of piperazine rings is 1. The number of benzene rings is 1. The van der Waals surface area contributed by atoms with E-state index in [9.17, 15) is 19.9 Å². The molecule has 1 aromatic carbocycles. The van der Waals surface area contributed by atoms with E-state index in [1.165, 1.54) is 9.96 Å². The predicted molar refractivity (Wildman–Crippen MR) is 75.7 cm³/mol. The van der Waals surface area contributed by atoms with E-state index >= 15 is 0 Å². The highest BCUT2D eigenvalue weighted by atomic mass is 16.5. The van der Waals surface area contributed by atoms with Crippen molar-refractivity contribution in [3.8, 4) is 0 Å². The summed E-state index contributed by atoms with van der Waals surface area (Å²) in [6, 6.07) is 2.69. The second-order valence-corrected chi connectivity index (χ2v) is 5.81. The average Bonchev–Trinajstić information content (AvgIpc) is 2.85. The maximum Gasteiger partial charge on any atom is 0.407 e. The van der Waals surface area contributed by atoms with Gasteiger partial charge in [0.2, 0.25) is 0 Å². The number of esters is 1. The molecule has 22 heavy (non-hydrogen) atoms. The van der Waals surface area contributed by atoms with Crippen LogP contribution in [0, 0.1) is 6.92 Å². The molecule has 2 aliphatic heterocycles. The van der Waals surface area contributed by atoms with Crippen LogP contribution in [0.5, 0.6) is 0 Å². The maximum absolute atomic E-state index is 11.6. The number of nitrogens with zero attached hydrogens (tertiary/aromatic N) is 2. The first-order valence-corrected chi connectivity index (χ1v) is 7.14. The third kappa shape index (κ3) is 2.22. The van der Waals surface area contributed by atoms with Crippen LogP contribution in [0.1, 0.15) is 40.0 Å². The second kappa shape index (κ2) is 5.26. The topological polar surface area (TPSA) is 90.3 Å². The lowest BCUT2D eigenvalue weighted by Gasteiger charge is -2.41. The molecule has 2 N–H and O–H groups in total. The summed E-state index contributed by atoms with van der Waals surface area (Å²) in [6.07, 6.45) is -0.998. The molecule has 0 saturated carbocycles. The zero-order chi connectivity index (χ0) is 16.0. The van der Waals surface area contributed by atoms with Crippen molar-refractivity contribution in [2.75, 3.05) is 13.1 Å². The van der Waals surface area contributed by atoms with Crippen LogP contribution in [0.2, 0.25) is 0 Å². The largest absolute Gasteiger partial charge is 0.465 e. The molecule has 0 spiro atoms. The highest BCUT2D eigenvalue weighted by Crippen LogP contribution is 2.34. The monoisotopic (exact) mass is 306 g/mol. The first-order chi connectivity index (χ1) is 10.4. The number of amides is 1. The van der Waals surface area contributed by atoms with Crippen molar-refractivity contribution in [1.29, 1.82) is 0 Å². The summed E-state index contributed by atoms with van der Waals surface area (Å²) >= 11 is 0. The first-order valence-electron chi connectivity index (χ1n) is 7.14. The molecular formula is C15H18N2O5. The van der Waals surface area contributed by atoms with Crippen LogP contribution in [-0.4, -0.2) is 51.5 Å². The Hall–Kier alpha value is -2.12. The smallest absolute Gasteiger partial charge is 0.407 e. The number of carbonyl (C=O) groups is 2. The number of carbonyl (C=O) groups excluding carboxylic acids is 1. The van der Waals surface area contributed by atoms with Crippen LogP contribution in [0.4, 0.5) is 4.79 Å². The van der Waals surface area contributed by atoms with E-state index in [1.54, 1.807) is 19.1 Å². The fourth-order valence-electron chi connectivity index (χ4n) is 3.20. The third-order valence-electron chi connectivity index (χ3n) is 4.49. The van der Waals surface area contributed by atoms with Crippen LogP contribution in [-0.2, 0) is 11.3 Å². The Morgan fingerprint density at radius 1 is 1.36 bits per heavy atom. The van der Waals surface area contributed by atoms with E-state index in [0.29, 0.717) is 5.56 Å². The van der Waals surface area contributed by atoms with Crippen molar-refractivity contribution in [1.82, 2.24) is 9.96 Å². The Morgan fingerprint density at radius 3 is 2.77 bits per heavy atom. The van der Waals surface area contributed by atoms with Crippen molar-refractivity contribution in [3.05, 3.63) is 34.4 Å². The molecule has 3 rings (SSSR count). The molecule has 0 radical (unpaired) electrons. The van der Waals surface area contributed by atoms with Crippen molar-refractivity contribution in [3.63, 3.8) is 0 Å². The Kier molecular flexibility index (Phi) is 3.54. The summed E-state index contributed by atoms with van der Waals surface area (Å²) < 4.78 is 5.03. The molecule has 0 aromatic heterocycles. The van der Waals surface area contributed by atoms with Crippen LogP contribution in [0.25, 0.3) is 0 Å². The Balaban J connectivity index is 1.99. The fraction of sp³-hybridized carbons (Fsp3) is 0.467. The van der Waals surface area contributed by atoms with Gasteiger partial charge in [0.25, 0.3) is 0 Å². The van der Waals surface area contributed by atoms with Gasteiger partial charge >= 0.3 is 12.1 Å². The van der Waals surface area contributed by atoms with E-state index in [1.807, 2.05) is 6.92 Å². The lowest BCUT2D eigenvalue weighted by atomic mass is 9.92. The van der Waals surface area contributed by atoms with Gasteiger partial charge in [-0.05, 0) is 31.0 Å². The molecule has 2 heterocycles. The summed E-state index contributed by atoms with van der Waals surface area (Å²) in [4.78, 5) is 24.2. The van der Waals surface area contributed by atoms with E-state index in [2.05, 4.69) is 0 Å². The molecule has 0 bridgehead atoms. The lowest BCUT2D eigenvalue weighted by molar-refractivity contribution is -0.183. The quantitative estimate of drug-likeness (QED) is 0.769. The number of cyclic esters (lactones) is 1. The normalized spacial score (nSPS) is 25.0. The predicted octanol–water partition coefficient (Wildman–Crippen LogP) is 1.78. The molecular weight excluding hydrogens is 288 g/mol. The number of rotatable bonds is 1. The summed E-state index contributed by atoms with van der Waals surface area (Å²) in [6.45, 7) is 4.31. The second-order valence-electron chi connectivity index (χ2n) is 5.81. The van der Waals surface area contributed by atoms with Gasteiger partial charge in [0.1, 0.15) is 6.61 Å². The van der Waals surface area contributed by atoms with Crippen LogP contribution < -0.4 is 0 Å². The number of hydrogen-bond acceptors (Lipinski definition) is 5. The Labute approximate surface area is 127 Å². The molecule has 2 aliphatic rings. The van der Waals surface area contributed by atoms with E-state index < -0.39 is 12.1 Å². The Bertz CT molecular complexity index is 645. The first kappa shape index (κ1) is 14.8. The minimum absolute atomic E-state index is 0.185. The third-order valence-corrected chi connectivity index (χ3v) is 4.49. The maximum atomic E-state index is 11.6. The van der Waals surface area contributed by atoms with Gasteiger partial charge in [0.15, 0.2) is 0 Å². The SMILES string of the molecule is Cc1c(C2CN(C(=O)O)C[C@H](C)N2O)ccc2c1COC2=O. The van der Waals surface area contributed by atoms with E-state index in [0.717, 1.165) is 16.7 Å². The van der Waals surface area contributed by atoms with E-state index in [4.69, 9.17) is 4.74 Å². The van der Waals surface area contributed by atoms with Gasteiger partial charge in [-0.1, -0.05) is 6.07 Å². The van der Waals surface area contributed by atoms with Gasteiger partial charge in [0, 0.05) is 18.7 Å². The molecule has 1 unspecified atom stereocenters. The summed E-state index contributed by atoms with van der Waals surface area (Å²) in [5, 5.41) is 20.8. The van der Waals surface area contributed by atoms with Gasteiger partial charge in [-0.3, -0.25) is 0 Å². The van der Waals surface area contributed by atoms with Crippen molar-refractivity contribution >= 4 is 12.1 Å². The number of carboxylic acid groups (broad SMARTS) is 1. The molecule has 7 nitrogen and oxygen atoms in total. The van der Waals surface area contributed by atoms with Crippen LogP contribution in [0.3, 0.4) is 0 Å². The molecule has 1 fully saturated rings. The van der Waals surface area contributed by atoms with Crippen LogP contribution >= 0.6 is 0 Å². The van der Waals surface area contributed by atoms with E-state index in [-0.39, 0.29) is 31.7 Å². The number of fused-ring (bicyclic) bond motifs is 1. The highest BCUT2D eigenvalue weighted by Gasteiger charge is 2.36. The molecule has 1 aromatic rings. The van der Waals surface area contributed by atoms with Gasteiger partial charge < -0.3 is 20.0 Å². The molecule has 1 saturated heterocycles. The van der Waals surface area contributed by atoms with Gasteiger partial charge in [0.05, 0.1) is 17.6 Å². The summed E-state index contributed by atoms with van der Waals surface area (Å²) in [5.41, 5.74) is 3.05. The summed E-state index contributed by atoms with van der Waals surface area (Å²) in [5.74, 6) is -0.338. The minimum Gasteiger partial charge on any atom is -0.465 e. The molecule has 7 heteroatoms. The fourth-order valence-corrected chi connectivity index (χ4v) is 3.20. The van der Waals surface area contributed by atoms with Crippen molar-refractivity contribution in [2.24, 2.45) is 0 Å². The van der Waals surface area contributed by atoms with Crippen molar-refractivity contribution < 1.29 is 24.6 Å². The number of hydrogen-bond donors (Lipinski definition) is 2. The minimum atomic E-state index is -0.998. The van der Waals surface area contributed by atoms with Gasteiger partial charge in [-0.25, -0.2) is 9.59 Å². The Morgan fingerprint density at radius 2 is 2.09 bits per heavy atom. The average molecular weight is 306 g/mol. The summed E-state index contributed by atoms with van der Waals surface area (Å²) in [7, 11) is 0. The van der Waals surface area contributed by atoms with Crippen molar-refractivity contribution in [2.45, 2.75) is 32.5 Å². The zero-order valence-electron chi connectivity index (χ0n) is 12.4. The standard InChI is InChI=1S/C15H18N2O5/c1-8-5-16(15(19)20)6-13(17(8)21)10-3-4-11-12(9(10)2)7-22-14(11)18/h3-4,8,13,21H,5-7H2,1-2H3,(H,19,20)/t8-,13?/m0/s1. The van der Waals surface area contributed by atoms with Gasteiger partial charge in [-0.2, -0.15) is 5.06 Å². The van der Waals surface area contributed by atoms with Gasteiger partial charge in [-0.15, -0.1) is 0 Å². The number of hydroxylamine groups is 2. The molecule has 2 atom stereocenters.